The van der Waals surface area contributed by atoms with Crippen LogP contribution in [0.15, 0.2) is 0 Å². The molecule has 4 nitrogen and oxygen atoms in total. The van der Waals surface area contributed by atoms with Crippen molar-refractivity contribution in [1.29, 1.82) is 0 Å². The molecule has 0 saturated heterocycles. The van der Waals surface area contributed by atoms with Crippen molar-refractivity contribution in [2.24, 2.45) is 0 Å². The Morgan fingerprint density at radius 1 is 0.542 bits per heavy atom. The highest BCUT2D eigenvalue weighted by Crippen LogP contribution is 2.16. The normalized spacial score (nSPS) is 12.6. The van der Waals surface area contributed by atoms with E-state index in [-0.39, 0.29) is 6.10 Å². The fourth-order valence-electron chi connectivity index (χ4n) is 2.68. The molecule has 0 aromatic carbocycles. The molecule has 0 rings (SSSR count). The highest BCUT2D eigenvalue weighted by molar-refractivity contribution is 4.57. The Morgan fingerprint density at radius 2 is 1.08 bits per heavy atom. The largest absolute Gasteiger partial charge is 0.204 e. The van der Waals surface area contributed by atoms with Crippen LogP contribution < -0.4 is 0 Å². The summed E-state index contributed by atoms with van der Waals surface area (Å²) in [5.41, 5.74) is 0. The first kappa shape index (κ1) is 23.8. The molecule has 4 heteroatoms. The topological polar surface area (TPSA) is 36.9 Å². The first-order chi connectivity index (χ1) is 11.8. The Balaban J connectivity index is 3.53. The number of rotatable bonds is 20. The van der Waals surface area contributed by atoms with Gasteiger partial charge in [-0.05, 0) is 29.3 Å². The number of unbranched alkanes of at least 4 members (excludes halogenated alkanes) is 10. The molecule has 0 aliphatic rings. The van der Waals surface area contributed by atoms with E-state index in [1.54, 1.807) is 0 Å². The van der Waals surface area contributed by atoms with Crippen molar-refractivity contribution in [3.8, 4) is 0 Å². The van der Waals surface area contributed by atoms with Crippen LogP contribution in [0.4, 0.5) is 0 Å². The molecule has 0 aromatic heterocycles. The van der Waals surface area contributed by atoms with Crippen LogP contribution in [0.1, 0.15) is 117 Å². The average molecular weight is 347 g/mol. The Labute approximate surface area is 150 Å². The SMILES string of the molecule is CCCCCCCCCCCC(CCCC)OOOOCCCC. The van der Waals surface area contributed by atoms with Gasteiger partial charge in [-0.1, -0.05) is 97.8 Å². The molecule has 0 bridgehead atoms. The van der Waals surface area contributed by atoms with Crippen molar-refractivity contribution in [2.75, 3.05) is 6.61 Å². The molecule has 1 unspecified atom stereocenters. The van der Waals surface area contributed by atoms with Gasteiger partial charge in [-0.25, -0.2) is 9.78 Å². The molecule has 0 spiro atoms. The van der Waals surface area contributed by atoms with E-state index < -0.39 is 0 Å². The van der Waals surface area contributed by atoms with Gasteiger partial charge >= 0.3 is 0 Å². The fourth-order valence-corrected chi connectivity index (χ4v) is 2.68. The van der Waals surface area contributed by atoms with E-state index in [4.69, 9.17) is 14.8 Å². The summed E-state index contributed by atoms with van der Waals surface area (Å²) in [5.74, 6) is 0. The van der Waals surface area contributed by atoms with Crippen molar-refractivity contribution >= 4 is 0 Å². The molecule has 0 saturated carbocycles. The Morgan fingerprint density at radius 3 is 1.71 bits per heavy atom. The third-order valence-electron chi connectivity index (χ3n) is 4.34. The Kier molecular flexibility index (Phi) is 20.7. The highest BCUT2D eigenvalue weighted by Gasteiger charge is 2.10. The van der Waals surface area contributed by atoms with Crippen molar-refractivity contribution < 1.29 is 19.9 Å². The molecule has 0 aliphatic heterocycles. The maximum atomic E-state index is 5.35. The summed E-state index contributed by atoms with van der Waals surface area (Å²) in [6.45, 7) is 7.11. The Hall–Kier alpha value is -0.160. The van der Waals surface area contributed by atoms with Gasteiger partial charge in [-0.15, -0.1) is 0 Å². The lowest BCUT2D eigenvalue weighted by atomic mass is 10.0. The van der Waals surface area contributed by atoms with Gasteiger partial charge in [-0.3, -0.25) is 0 Å². The second-order valence-corrected chi connectivity index (χ2v) is 6.79. The minimum absolute atomic E-state index is 0.115. The van der Waals surface area contributed by atoms with E-state index in [2.05, 4.69) is 25.8 Å². The van der Waals surface area contributed by atoms with Crippen LogP contribution >= 0.6 is 0 Å². The van der Waals surface area contributed by atoms with Crippen LogP contribution in [0.25, 0.3) is 0 Å². The van der Waals surface area contributed by atoms with Gasteiger partial charge in [0.15, 0.2) is 0 Å². The van der Waals surface area contributed by atoms with Crippen molar-refractivity contribution in [3.63, 3.8) is 0 Å². The summed E-state index contributed by atoms with van der Waals surface area (Å²) in [6.07, 6.45) is 18.6. The lowest BCUT2D eigenvalue weighted by Gasteiger charge is -2.14. The van der Waals surface area contributed by atoms with Gasteiger partial charge < -0.3 is 0 Å². The summed E-state index contributed by atoms with van der Waals surface area (Å²) in [4.78, 5) is 10.2. The van der Waals surface area contributed by atoms with Gasteiger partial charge in [0.1, 0.15) is 0 Å². The van der Waals surface area contributed by atoms with E-state index in [0.29, 0.717) is 6.61 Å². The molecule has 0 aromatic rings. The highest BCUT2D eigenvalue weighted by atomic mass is 17.7. The number of hydrogen-bond donors (Lipinski definition) is 0. The first-order valence-corrected chi connectivity index (χ1v) is 10.5. The third-order valence-corrected chi connectivity index (χ3v) is 4.34. The van der Waals surface area contributed by atoms with Crippen LogP contribution in [0.5, 0.6) is 0 Å². The van der Waals surface area contributed by atoms with Crippen LogP contribution in [0.2, 0.25) is 0 Å². The van der Waals surface area contributed by atoms with Crippen molar-refractivity contribution in [1.82, 2.24) is 0 Å². The average Bonchev–Trinajstić information content (AvgIpc) is 2.60. The molecule has 0 amide bonds. The molecular weight excluding hydrogens is 304 g/mol. The van der Waals surface area contributed by atoms with Crippen LogP contribution in [-0.2, 0) is 19.9 Å². The van der Waals surface area contributed by atoms with E-state index in [1.807, 2.05) is 0 Å². The van der Waals surface area contributed by atoms with Gasteiger partial charge in [-0.2, -0.15) is 0 Å². The quantitative estimate of drug-likeness (QED) is 0.134. The van der Waals surface area contributed by atoms with Crippen LogP contribution in [0.3, 0.4) is 0 Å². The monoisotopic (exact) mass is 346 g/mol. The Bertz CT molecular complexity index is 224. The zero-order chi connectivity index (χ0) is 17.7. The minimum atomic E-state index is 0.115. The van der Waals surface area contributed by atoms with Gasteiger partial charge in [0.25, 0.3) is 0 Å². The van der Waals surface area contributed by atoms with Crippen molar-refractivity contribution in [2.45, 2.75) is 123 Å². The summed E-state index contributed by atoms with van der Waals surface area (Å²) < 4.78 is 0. The van der Waals surface area contributed by atoms with E-state index in [0.717, 1.165) is 32.1 Å². The molecule has 146 valence electrons. The van der Waals surface area contributed by atoms with E-state index in [9.17, 15) is 0 Å². The lowest BCUT2D eigenvalue weighted by Crippen LogP contribution is -2.14. The minimum Gasteiger partial charge on any atom is -0.204 e. The predicted octanol–water partition coefficient (Wildman–Crippen LogP) is 7.08. The van der Waals surface area contributed by atoms with Gasteiger partial charge in [0, 0.05) is 0 Å². The van der Waals surface area contributed by atoms with Gasteiger partial charge in [0.05, 0.1) is 12.7 Å². The summed E-state index contributed by atoms with van der Waals surface area (Å²) in [6, 6.07) is 0. The van der Waals surface area contributed by atoms with Crippen molar-refractivity contribution in [3.05, 3.63) is 0 Å². The number of hydrogen-bond acceptors (Lipinski definition) is 4. The molecule has 24 heavy (non-hydrogen) atoms. The molecule has 0 radical (unpaired) electrons. The van der Waals surface area contributed by atoms with E-state index in [1.165, 1.54) is 64.2 Å². The summed E-state index contributed by atoms with van der Waals surface area (Å²) >= 11 is 0. The molecular formula is C20H42O4. The summed E-state index contributed by atoms with van der Waals surface area (Å²) in [5, 5.41) is 9.37. The second kappa shape index (κ2) is 20.9. The third kappa shape index (κ3) is 18.2. The molecule has 0 fully saturated rings. The molecule has 0 N–H and O–H groups in total. The fraction of sp³-hybridized carbons (Fsp3) is 1.00. The molecule has 1 atom stereocenters. The predicted molar refractivity (Wildman–Crippen MR) is 99.3 cm³/mol. The summed E-state index contributed by atoms with van der Waals surface area (Å²) in [7, 11) is 0. The molecule has 0 aliphatic carbocycles. The first-order valence-electron chi connectivity index (χ1n) is 10.5. The standard InChI is InChI=1S/C20H42O4/c1-4-7-10-11-12-13-14-15-16-18-20(17-8-5-2)22-24-23-21-19-9-6-3/h20H,4-19H2,1-3H3. The van der Waals surface area contributed by atoms with E-state index >= 15 is 0 Å². The van der Waals surface area contributed by atoms with Gasteiger partial charge in [0.2, 0.25) is 0 Å². The maximum Gasteiger partial charge on any atom is 0.0962 e. The van der Waals surface area contributed by atoms with Crippen LogP contribution in [0, 0.1) is 0 Å². The van der Waals surface area contributed by atoms with Crippen LogP contribution in [-0.4, -0.2) is 12.7 Å². The maximum absolute atomic E-state index is 5.35. The lowest BCUT2D eigenvalue weighted by molar-refractivity contribution is -0.642. The smallest absolute Gasteiger partial charge is 0.0962 e. The molecule has 0 heterocycles. The zero-order valence-corrected chi connectivity index (χ0v) is 16.5. The second-order valence-electron chi connectivity index (χ2n) is 6.79. The zero-order valence-electron chi connectivity index (χ0n) is 16.5.